The molecule has 0 N–H and O–H groups in total. The van der Waals surface area contributed by atoms with Gasteiger partial charge in [0.1, 0.15) is 28.4 Å². The summed E-state index contributed by atoms with van der Waals surface area (Å²) in [5.74, 6) is 0. The SMILES string of the molecule is CCOP(=O)(CS(=O)C1=CC=C[C+]=C1)OCC. The molecule has 1 rings (SSSR count). The van der Waals surface area contributed by atoms with Gasteiger partial charge >= 0.3 is 7.60 Å². The number of allylic oxidation sites excluding steroid dienone is 5. The van der Waals surface area contributed by atoms with Crippen molar-refractivity contribution in [2.24, 2.45) is 0 Å². The summed E-state index contributed by atoms with van der Waals surface area (Å²) in [6.45, 7) is 4.00. The van der Waals surface area contributed by atoms with Crippen LogP contribution in [-0.2, 0) is 24.4 Å². The summed E-state index contributed by atoms with van der Waals surface area (Å²) in [5.41, 5.74) is -0.119. The minimum atomic E-state index is -3.25. The highest BCUT2D eigenvalue weighted by atomic mass is 32.2. The Kier molecular flexibility index (Phi) is 5.96. The second-order valence-corrected chi connectivity index (χ2v) is 7.09. The summed E-state index contributed by atoms with van der Waals surface area (Å²) in [6, 6.07) is 0. The van der Waals surface area contributed by atoms with E-state index in [2.05, 4.69) is 6.08 Å². The summed E-state index contributed by atoms with van der Waals surface area (Å²) in [6.07, 6.45) is 9.59. The zero-order valence-corrected chi connectivity index (χ0v) is 11.6. The molecule has 0 aromatic heterocycles. The molecule has 6 heteroatoms. The first-order chi connectivity index (χ1) is 8.11. The normalized spacial score (nSPS) is 16.5. The van der Waals surface area contributed by atoms with E-state index in [9.17, 15) is 8.77 Å². The molecule has 0 fully saturated rings. The molecule has 0 spiro atoms. The van der Waals surface area contributed by atoms with Crippen molar-refractivity contribution in [1.82, 2.24) is 0 Å². The lowest BCUT2D eigenvalue weighted by atomic mass is 10.3. The van der Waals surface area contributed by atoms with Gasteiger partial charge in [0.2, 0.25) is 0 Å². The second kappa shape index (κ2) is 7.00. The van der Waals surface area contributed by atoms with Crippen LogP contribution < -0.4 is 0 Å². The molecule has 17 heavy (non-hydrogen) atoms. The number of rotatable bonds is 7. The lowest BCUT2D eigenvalue weighted by Crippen LogP contribution is -2.06. The highest BCUT2D eigenvalue weighted by molar-refractivity contribution is 7.95. The van der Waals surface area contributed by atoms with Crippen LogP contribution in [0.15, 0.2) is 29.2 Å². The van der Waals surface area contributed by atoms with E-state index in [1.165, 1.54) is 0 Å². The van der Waals surface area contributed by atoms with Gasteiger partial charge in [-0.1, -0.05) is 0 Å². The first-order valence-corrected chi connectivity index (χ1v) is 8.38. The van der Waals surface area contributed by atoms with Crippen molar-refractivity contribution in [3.05, 3.63) is 35.3 Å². The summed E-state index contributed by atoms with van der Waals surface area (Å²) < 4.78 is 34.3. The van der Waals surface area contributed by atoms with E-state index in [0.717, 1.165) is 0 Å². The van der Waals surface area contributed by atoms with E-state index < -0.39 is 18.4 Å². The predicted molar refractivity (Wildman–Crippen MR) is 68.9 cm³/mol. The van der Waals surface area contributed by atoms with Gasteiger partial charge in [0.15, 0.2) is 4.91 Å². The molecule has 0 radical (unpaired) electrons. The lowest BCUT2D eigenvalue weighted by molar-refractivity contribution is 0.224. The molecule has 1 atom stereocenters. The fourth-order valence-electron chi connectivity index (χ4n) is 1.24. The largest absolute Gasteiger partial charge is 0.344 e. The van der Waals surface area contributed by atoms with Crippen molar-refractivity contribution in [1.29, 1.82) is 0 Å². The zero-order chi connectivity index (χ0) is 12.7. The Morgan fingerprint density at radius 1 is 1.35 bits per heavy atom. The third kappa shape index (κ3) is 4.66. The van der Waals surface area contributed by atoms with E-state index in [0.29, 0.717) is 4.91 Å². The van der Waals surface area contributed by atoms with Crippen LogP contribution in [0.2, 0.25) is 0 Å². The van der Waals surface area contributed by atoms with E-state index in [-0.39, 0.29) is 18.7 Å². The number of hydrogen-bond acceptors (Lipinski definition) is 4. The van der Waals surface area contributed by atoms with Gasteiger partial charge in [0.05, 0.1) is 19.3 Å². The predicted octanol–water partition coefficient (Wildman–Crippen LogP) is 2.77. The van der Waals surface area contributed by atoms with Gasteiger partial charge in [-0.05, 0) is 13.8 Å². The van der Waals surface area contributed by atoms with E-state index in [1.54, 1.807) is 38.2 Å². The summed E-state index contributed by atoms with van der Waals surface area (Å²) in [7, 11) is -4.66. The maximum atomic E-state index is 12.1. The van der Waals surface area contributed by atoms with Crippen LogP contribution in [0.4, 0.5) is 0 Å². The average molecular weight is 275 g/mol. The third-order valence-corrected chi connectivity index (χ3v) is 6.15. The number of hydrogen-bond donors (Lipinski definition) is 0. The van der Waals surface area contributed by atoms with Crippen molar-refractivity contribution in [3.8, 4) is 0 Å². The highest BCUT2D eigenvalue weighted by Gasteiger charge is 2.30. The van der Waals surface area contributed by atoms with Crippen LogP contribution in [0.1, 0.15) is 13.8 Å². The quantitative estimate of drug-likeness (QED) is 0.529. The lowest BCUT2D eigenvalue weighted by Gasteiger charge is -2.15. The topological polar surface area (TPSA) is 52.6 Å². The minimum absolute atomic E-state index is 0.119. The fourth-order valence-corrected chi connectivity index (χ4v) is 4.87. The molecule has 94 valence electrons. The molecule has 0 saturated carbocycles. The molecule has 0 aliphatic heterocycles. The molecule has 1 unspecified atom stereocenters. The Morgan fingerprint density at radius 2 is 2.00 bits per heavy atom. The fraction of sp³-hybridized carbons (Fsp3) is 0.455. The zero-order valence-electron chi connectivity index (χ0n) is 9.92. The van der Waals surface area contributed by atoms with Crippen LogP contribution >= 0.6 is 7.60 Å². The molecule has 0 aromatic rings. The van der Waals surface area contributed by atoms with Gasteiger partial charge in [0, 0.05) is 12.2 Å². The van der Waals surface area contributed by atoms with E-state index in [1.807, 2.05) is 0 Å². The average Bonchev–Trinajstić information content (AvgIpc) is 2.30. The van der Waals surface area contributed by atoms with Gasteiger partial charge in [-0.15, -0.1) is 0 Å². The molecule has 0 saturated heterocycles. The van der Waals surface area contributed by atoms with Crippen molar-refractivity contribution in [2.75, 3.05) is 18.7 Å². The summed E-state index contributed by atoms with van der Waals surface area (Å²) in [4.78, 5) is 0.576. The summed E-state index contributed by atoms with van der Waals surface area (Å²) in [5, 5.41) is 0. The van der Waals surface area contributed by atoms with Gasteiger partial charge in [-0.3, -0.25) is 4.57 Å². The van der Waals surface area contributed by atoms with Gasteiger partial charge in [-0.2, -0.15) is 0 Å². The molecular formula is C11H16O4PS+. The highest BCUT2D eigenvalue weighted by Crippen LogP contribution is 2.49. The van der Waals surface area contributed by atoms with Crippen LogP contribution in [0.3, 0.4) is 0 Å². The van der Waals surface area contributed by atoms with Crippen LogP contribution in [-0.4, -0.2) is 22.9 Å². The monoisotopic (exact) mass is 275 g/mol. The Labute approximate surface area is 104 Å². The molecule has 1 aliphatic rings. The maximum Gasteiger partial charge on any atom is 0.344 e. The Hall–Kier alpha value is -0.570. The van der Waals surface area contributed by atoms with Crippen molar-refractivity contribution >= 4 is 18.4 Å². The van der Waals surface area contributed by atoms with Gasteiger partial charge in [-0.25, -0.2) is 4.21 Å². The first-order valence-electron chi connectivity index (χ1n) is 5.34. The molecule has 1 aliphatic carbocycles. The Balaban J connectivity index is 2.71. The van der Waals surface area contributed by atoms with Crippen molar-refractivity contribution in [3.63, 3.8) is 0 Å². The molecular weight excluding hydrogens is 259 g/mol. The van der Waals surface area contributed by atoms with Crippen molar-refractivity contribution < 1.29 is 17.8 Å². The molecule has 0 bridgehead atoms. The van der Waals surface area contributed by atoms with E-state index >= 15 is 0 Å². The molecule has 0 heterocycles. The molecule has 0 aromatic carbocycles. The Bertz CT molecular complexity index is 402. The smallest absolute Gasteiger partial charge is 0.308 e. The van der Waals surface area contributed by atoms with Crippen molar-refractivity contribution in [2.45, 2.75) is 13.8 Å². The molecule has 0 amide bonds. The van der Waals surface area contributed by atoms with Crippen LogP contribution in [0, 0.1) is 6.08 Å². The van der Waals surface area contributed by atoms with E-state index in [4.69, 9.17) is 9.05 Å². The first kappa shape index (κ1) is 14.5. The summed E-state index contributed by atoms with van der Waals surface area (Å²) >= 11 is 0. The van der Waals surface area contributed by atoms with Crippen LogP contribution in [0.25, 0.3) is 0 Å². The maximum absolute atomic E-state index is 12.1. The van der Waals surface area contributed by atoms with Crippen LogP contribution in [0.5, 0.6) is 0 Å². The second-order valence-electron chi connectivity index (χ2n) is 3.16. The van der Waals surface area contributed by atoms with Gasteiger partial charge in [0.25, 0.3) is 0 Å². The Morgan fingerprint density at radius 3 is 2.47 bits per heavy atom. The standard InChI is InChI=1S/C11H16O4PS/c1-3-14-16(12,15-4-2)10-17(13)11-8-6-5-7-9-11/h5-6,8-9H,3-4,10H2,1-2H3/q+1. The minimum Gasteiger partial charge on any atom is -0.308 e. The van der Waals surface area contributed by atoms with Gasteiger partial charge < -0.3 is 9.05 Å². The molecule has 4 nitrogen and oxygen atoms in total. The third-order valence-electron chi connectivity index (χ3n) is 1.87.